The van der Waals surface area contributed by atoms with Gasteiger partial charge in [-0.15, -0.1) is 71.8 Å². The van der Waals surface area contributed by atoms with E-state index in [0.29, 0.717) is 5.92 Å². The summed E-state index contributed by atoms with van der Waals surface area (Å²) < 4.78 is 0. The summed E-state index contributed by atoms with van der Waals surface area (Å²) in [5.74, 6) is 0.585. The summed E-state index contributed by atoms with van der Waals surface area (Å²) in [5.41, 5.74) is 5.37. The Morgan fingerprint density at radius 3 is 1.83 bits per heavy atom. The third-order valence-corrected chi connectivity index (χ3v) is 4.60. The van der Waals surface area contributed by atoms with Crippen LogP contribution in [0.15, 0.2) is 91.3 Å². The molecule has 0 aliphatic carbocycles. The van der Waals surface area contributed by atoms with Gasteiger partial charge in [-0.25, -0.2) is 0 Å². The maximum Gasteiger partial charge on any atom is 0.0195 e. The Morgan fingerprint density at radius 1 is 0.759 bits per heavy atom. The van der Waals surface area contributed by atoms with Crippen molar-refractivity contribution in [3.05, 3.63) is 109 Å². The molecule has 0 bridgehead atoms. The van der Waals surface area contributed by atoms with E-state index in [2.05, 4.69) is 48.1 Å². The molecule has 3 heteroatoms. The second-order valence-electron chi connectivity index (χ2n) is 6.55. The first-order valence-corrected chi connectivity index (χ1v) is 9.59. The van der Waals surface area contributed by atoms with Crippen LogP contribution in [0.5, 0.6) is 0 Å². The van der Waals surface area contributed by atoms with Crippen molar-refractivity contribution in [3.8, 4) is 22.5 Å². The van der Waals surface area contributed by atoms with Gasteiger partial charge in [0.15, 0.2) is 0 Å². The molecule has 29 heavy (non-hydrogen) atoms. The molecule has 0 fully saturated rings. The van der Waals surface area contributed by atoms with Crippen molar-refractivity contribution < 1.29 is 20.1 Å². The number of pyridine rings is 2. The van der Waals surface area contributed by atoms with Gasteiger partial charge in [-0.2, -0.15) is 0 Å². The Labute approximate surface area is 187 Å². The minimum atomic E-state index is 0. The van der Waals surface area contributed by atoms with Crippen molar-refractivity contribution in [2.75, 3.05) is 0 Å². The van der Waals surface area contributed by atoms with Gasteiger partial charge in [0.2, 0.25) is 0 Å². The maximum absolute atomic E-state index is 4.49. The van der Waals surface area contributed by atoms with Crippen LogP contribution in [0, 0.1) is 12.1 Å². The smallest absolute Gasteiger partial charge is 0.0195 e. The average Bonchev–Trinajstić information content (AvgIpc) is 2.81. The molecule has 0 aliphatic heterocycles. The van der Waals surface area contributed by atoms with Crippen LogP contribution in [0.1, 0.15) is 31.7 Å². The number of benzene rings is 2. The predicted octanol–water partition coefficient (Wildman–Crippen LogP) is 6.61. The quantitative estimate of drug-likeness (QED) is 0.265. The molecule has 0 N–H and O–H groups in total. The summed E-state index contributed by atoms with van der Waals surface area (Å²) in [6.45, 7) is 4.43. The van der Waals surface area contributed by atoms with E-state index in [4.69, 9.17) is 0 Å². The second-order valence-corrected chi connectivity index (χ2v) is 6.55. The monoisotopic (exact) mass is 557 g/mol. The molecule has 1 atom stereocenters. The number of aromatic nitrogens is 2. The number of nitrogens with zero attached hydrogens (tertiary/aromatic N) is 2. The molecule has 0 spiro atoms. The van der Waals surface area contributed by atoms with Crippen molar-refractivity contribution in [1.29, 1.82) is 0 Å². The largest absolute Gasteiger partial charge is 0.305 e. The third kappa shape index (κ3) is 6.74. The van der Waals surface area contributed by atoms with Crippen molar-refractivity contribution in [3.63, 3.8) is 0 Å². The Morgan fingerprint density at radius 2 is 1.38 bits per heavy atom. The van der Waals surface area contributed by atoms with E-state index in [1.165, 1.54) is 5.56 Å². The van der Waals surface area contributed by atoms with Crippen LogP contribution in [-0.2, 0) is 20.1 Å². The number of hydrogen-bond donors (Lipinski definition) is 0. The van der Waals surface area contributed by atoms with E-state index in [0.717, 1.165) is 28.9 Å². The minimum absolute atomic E-state index is 0. The first kappa shape index (κ1) is 22.7. The summed E-state index contributed by atoms with van der Waals surface area (Å²) in [4.78, 5) is 8.70. The Bertz CT molecular complexity index is 903. The zero-order chi connectivity index (χ0) is 19.6. The normalized spacial score (nSPS) is 10.8. The van der Waals surface area contributed by atoms with Crippen LogP contribution in [0.2, 0.25) is 0 Å². The zero-order valence-electron chi connectivity index (χ0n) is 16.7. The van der Waals surface area contributed by atoms with E-state index < -0.39 is 0 Å². The van der Waals surface area contributed by atoms with Crippen LogP contribution in [0.4, 0.5) is 0 Å². The molecular formula is C26H24IrN2-2. The molecule has 1 unspecified atom stereocenters. The number of hydrogen-bond acceptors (Lipinski definition) is 2. The molecule has 0 saturated carbocycles. The van der Waals surface area contributed by atoms with Crippen LogP contribution in [0.25, 0.3) is 22.5 Å². The zero-order valence-corrected chi connectivity index (χ0v) is 19.1. The summed E-state index contributed by atoms with van der Waals surface area (Å²) >= 11 is 0. The first-order chi connectivity index (χ1) is 13.8. The van der Waals surface area contributed by atoms with Crippen molar-refractivity contribution in [1.82, 2.24) is 9.97 Å². The van der Waals surface area contributed by atoms with E-state index in [9.17, 15) is 0 Å². The van der Waals surface area contributed by atoms with E-state index in [-0.39, 0.29) is 20.1 Å². The molecule has 1 radical (unpaired) electrons. The summed E-state index contributed by atoms with van der Waals surface area (Å²) in [5, 5.41) is 0. The van der Waals surface area contributed by atoms with Gasteiger partial charge in [-0.3, -0.25) is 0 Å². The van der Waals surface area contributed by atoms with Gasteiger partial charge in [0.1, 0.15) is 0 Å². The molecule has 2 nitrogen and oxygen atoms in total. The maximum atomic E-state index is 4.49. The fourth-order valence-electron chi connectivity index (χ4n) is 2.72. The molecule has 4 rings (SSSR count). The van der Waals surface area contributed by atoms with E-state index >= 15 is 0 Å². The SMILES string of the molecule is CCC(C)c1ccc(-c2[c-]cccc2)nc1.[Ir].[c-]1ccccc1-c1ccccn1. The average molecular weight is 557 g/mol. The van der Waals surface area contributed by atoms with Crippen LogP contribution in [-0.4, -0.2) is 9.97 Å². The van der Waals surface area contributed by atoms with Crippen LogP contribution >= 0.6 is 0 Å². The molecule has 0 saturated heterocycles. The van der Waals surface area contributed by atoms with Gasteiger partial charge < -0.3 is 9.97 Å². The topological polar surface area (TPSA) is 25.8 Å². The van der Waals surface area contributed by atoms with Crippen molar-refractivity contribution in [2.45, 2.75) is 26.2 Å². The number of rotatable bonds is 4. The van der Waals surface area contributed by atoms with Gasteiger partial charge in [-0.1, -0.05) is 38.1 Å². The Kier molecular flexibility index (Phi) is 9.43. The fraction of sp³-hybridized carbons (Fsp3) is 0.154. The van der Waals surface area contributed by atoms with E-state index in [1.807, 2.05) is 72.9 Å². The standard InChI is InChI=1S/C15H16N.C11H8N.Ir/c1-3-12(2)14-9-10-15(16-11-14)13-7-5-4-6-8-13;1-2-6-10(7-3-1)11-8-4-5-9-12-11;/h4-7,9-12H,3H2,1-2H3;1-6,8-9H;/q2*-1;. The van der Waals surface area contributed by atoms with Gasteiger partial charge in [-0.05, 0) is 35.4 Å². The van der Waals surface area contributed by atoms with Gasteiger partial charge in [0.25, 0.3) is 0 Å². The summed E-state index contributed by atoms with van der Waals surface area (Å²) in [6.07, 6.45) is 4.92. The Balaban J connectivity index is 0.000000207. The molecule has 149 valence electrons. The molecule has 0 aliphatic rings. The predicted molar refractivity (Wildman–Crippen MR) is 116 cm³/mol. The van der Waals surface area contributed by atoms with Gasteiger partial charge in [0, 0.05) is 32.5 Å². The molecule has 4 aromatic rings. The van der Waals surface area contributed by atoms with E-state index in [1.54, 1.807) is 6.20 Å². The van der Waals surface area contributed by atoms with Crippen molar-refractivity contribution in [2.24, 2.45) is 0 Å². The van der Waals surface area contributed by atoms with Crippen molar-refractivity contribution >= 4 is 0 Å². The van der Waals surface area contributed by atoms with Crippen LogP contribution in [0.3, 0.4) is 0 Å². The fourth-order valence-corrected chi connectivity index (χ4v) is 2.72. The summed E-state index contributed by atoms with van der Waals surface area (Å²) in [6, 6.07) is 32.2. The third-order valence-electron chi connectivity index (χ3n) is 4.60. The summed E-state index contributed by atoms with van der Waals surface area (Å²) in [7, 11) is 0. The molecule has 2 aromatic carbocycles. The van der Waals surface area contributed by atoms with Crippen LogP contribution < -0.4 is 0 Å². The molecule has 2 heterocycles. The molecule has 2 aromatic heterocycles. The minimum Gasteiger partial charge on any atom is -0.305 e. The molecule has 0 amide bonds. The Hall–Kier alpha value is -2.61. The molecular weight excluding hydrogens is 533 g/mol. The van der Waals surface area contributed by atoms with Gasteiger partial charge in [0.05, 0.1) is 0 Å². The first-order valence-electron chi connectivity index (χ1n) is 9.59. The second kappa shape index (κ2) is 12.1. The van der Waals surface area contributed by atoms with Gasteiger partial charge >= 0.3 is 0 Å².